The van der Waals surface area contributed by atoms with Crippen LogP contribution in [0.15, 0.2) is 22.1 Å². The minimum Gasteiger partial charge on any atom is -0.487 e. The number of nitrogens with two attached hydrogens (primary N) is 2. The molecule has 0 atom stereocenters. The Balaban J connectivity index is 2.14. The molecule has 0 unspecified atom stereocenters. The van der Waals surface area contributed by atoms with Gasteiger partial charge in [-0.1, -0.05) is 6.42 Å². The molecule has 34 heavy (non-hydrogen) atoms. The van der Waals surface area contributed by atoms with E-state index in [-0.39, 0.29) is 37.3 Å². The molecule has 11 heteroatoms. The lowest BCUT2D eigenvalue weighted by Crippen LogP contribution is -2.58. The second-order valence-electron chi connectivity index (χ2n) is 8.04. The summed E-state index contributed by atoms with van der Waals surface area (Å²) in [6, 6.07) is 3.33. The molecule has 1 saturated carbocycles. The molecule has 0 amide bonds. The van der Waals surface area contributed by atoms with Crippen LogP contribution in [-0.2, 0) is 14.2 Å². The topological polar surface area (TPSA) is 143 Å². The van der Waals surface area contributed by atoms with E-state index in [9.17, 15) is 4.79 Å². The van der Waals surface area contributed by atoms with Gasteiger partial charge < -0.3 is 35.2 Å². The number of hydrogen-bond acceptors (Lipinski definition) is 11. The average Bonchev–Trinajstić information content (AvgIpc) is 2.80. The highest BCUT2D eigenvalue weighted by molar-refractivity contribution is 6.09. The van der Waals surface area contributed by atoms with Gasteiger partial charge in [0, 0.05) is 26.4 Å². The third-order valence-corrected chi connectivity index (χ3v) is 5.74. The van der Waals surface area contributed by atoms with Crippen LogP contribution in [0.2, 0.25) is 0 Å². The molecule has 1 heterocycles. The highest BCUT2D eigenvalue weighted by Crippen LogP contribution is 2.44. The maximum absolute atomic E-state index is 13.1. The van der Waals surface area contributed by atoms with Crippen molar-refractivity contribution in [3.05, 3.63) is 17.7 Å². The van der Waals surface area contributed by atoms with Crippen LogP contribution >= 0.6 is 0 Å². The Kier molecular flexibility index (Phi) is 8.94. The van der Waals surface area contributed by atoms with Crippen molar-refractivity contribution in [2.75, 3.05) is 52.2 Å². The van der Waals surface area contributed by atoms with E-state index in [1.54, 1.807) is 38.2 Å². The molecule has 1 aliphatic carbocycles. The van der Waals surface area contributed by atoms with E-state index in [1.165, 1.54) is 0 Å². The Labute approximate surface area is 200 Å². The Morgan fingerprint density at radius 1 is 1.00 bits per heavy atom. The van der Waals surface area contributed by atoms with Crippen molar-refractivity contribution in [1.29, 1.82) is 0 Å². The molecular weight excluding hydrogens is 442 g/mol. The lowest BCUT2D eigenvalue weighted by Gasteiger charge is -2.46. The SMILES string of the molecule is CCOC(=O)c1cc(OCCOC)c(OCCOC)cc1N1C(N)=NC(N)=NC12CCCCC2. The van der Waals surface area contributed by atoms with Gasteiger partial charge in [-0.15, -0.1) is 0 Å². The number of benzene rings is 1. The van der Waals surface area contributed by atoms with Gasteiger partial charge in [-0.2, -0.15) is 4.99 Å². The summed E-state index contributed by atoms with van der Waals surface area (Å²) in [6.45, 7) is 3.28. The summed E-state index contributed by atoms with van der Waals surface area (Å²) in [6.07, 6.45) is 4.43. The second-order valence-corrected chi connectivity index (χ2v) is 8.04. The summed E-state index contributed by atoms with van der Waals surface area (Å²) in [5.74, 6) is 0.588. The first-order valence-electron chi connectivity index (χ1n) is 11.5. The monoisotopic (exact) mass is 477 g/mol. The molecule has 3 rings (SSSR count). The summed E-state index contributed by atoms with van der Waals surface area (Å²) in [5, 5.41) is 0. The quantitative estimate of drug-likeness (QED) is 0.361. The van der Waals surface area contributed by atoms with Crippen LogP contribution in [0.5, 0.6) is 11.5 Å². The number of carbonyl (C=O) groups is 1. The first-order chi connectivity index (χ1) is 16.5. The van der Waals surface area contributed by atoms with Crippen molar-refractivity contribution >= 4 is 23.6 Å². The highest BCUT2D eigenvalue weighted by atomic mass is 16.6. The molecule has 1 aromatic rings. The third-order valence-electron chi connectivity index (χ3n) is 5.74. The van der Waals surface area contributed by atoms with Crippen LogP contribution < -0.4 is 25.8 Å². The second kappa shape index (κ2) is 11.9. The Bertz CT molecular complexity index is 913. The van der Waals surface area contributed by atoms with Crippen LogP contribution in [-0.4, -0.2) is 70.8 Å². The standard InChI is InChI=1S/C23H35N5O6/c1-4-32-20(29)16-14-18(33-12-10-30-2)19(34-13-11-31-3)15-17(16)28-22(25)26-21(24)27-23(28)8-6-5-7-9-23/h14-15H,4-13H2,1-3H3,(H4,24,25,26,27). The zero-order valence-corrected chi connectivity index (χ0v) is 20.2. The van der Waals surface area contributed by atoms with Crippen LogP contribution in [0, 0.1) is 0 Å². The molecule has 0 aromatic heterocycles. The van der Waals surface area contributed by atoms with Crippen molar-refractivity contribution < 1.29 is 28.5 Å². The number of nitrogens with zero attached hydrogens (tertiary/aromatic N) is 3. The largest absolute Gasteiger partial charge is 0.487 e. The van der Waals surface area contributed by atoms with E-state index in [4.69, 9.17) is 40.1 Å². The van der Waals surface area contributed by atoms with Crippen molar-refractivity contribution in [3.8, 4) is 11.5 Å². The molecule has 0 bridgehead atoms. The summed E-state index contributed by atoms with van der Waals surface area (Å²) in [7, 11) is 3.18. The summed E-state index contributed by atoms with van der Waals surface area (Å²) < 4.78 is 27.4. The lowest BCUT2D eigenvalue weighted by atomic mass is 9.87. The van der Waals surface area contributed by atoms with Gasteiger partial charge >= 0.3 is 5.97 Å². The number of aliphatic imine (C=N–C) groups is 2. The molecule has 2 aliphatic rings. The number of rotatable bonds is 11. The molecular formula is C23H35N5O6. The average molecular weight is 478 g/mol. The summed E-state index contributed by atoms with van der Waals surface area (Å²) >= 11 is 0. The van der Waals surface area contributed by atoms with Gasteiger partial charge in [0.1, 0.15) is 18.9 Å². The molecule has 1 fully saturated rings. The van der Waals surface area contributed by atoms with Crippen molar-refractivity contribution in [3.63, 3.8) is 0 Å². The highest BCUT2D eigenvalue weighted by Gasteiger charge is 2.44. The molecule has 1 aliphatic heterocycles. The summed E-state index contributed by atoms with van der Waals surface area (Å²) in [5.41, 5.74) is 12.4. The van der Waals surface area contributed by atoms with Gasteiger partial charge in [0.05, 0.1) is 31.1 Å². The molecule has 1 spiro atoms. The Morgan fingerprint density at radius 2 is 1.62 bits per heavy atom. The lowest BCUT2D eigenvalue weighted by molar-refractivity contribution is 0.0526. The zero-order valence-electron chi connectivity index (χ0n) is 20.2. The maximum atomic E-state index is 13.1. The summed E-state index contributed by atoms with van der Waals surface area (Å²) in [4.78, 5) is 23.8. The van der Waals surface area contributed by atoms with Gasteiger partial charge in [-0.25, -0.2) is 9.79 Å². The Morgan fingerprint density at radius 3 is 2.21 bits per heavy atom. The number of anilines is 1. The van der Waals surface area contributed by atoms with Gasteiger partial charge in [0.25, 0.3) is 0 Å². The first-order valence-corrected chi connectivity index (χ1v) is 11.5. The van der Waals surface area contributed by atoms with Crippen LogP contribution in [0.25, 0.3) is 0 Å². The maximum Gasteiger partial charge on any atom is 0.340 e. The molecule has 0 saturated heterocycles. The van der Waals surface area contributed by atoms with E-state index >= 15 is 0 Å². The first kappa shape index (κ1) is 25.6. The third kappa shape index (κ3) is 5.71. The number of hydrogen-bond donors (Lipinski definition) is 2. The fraction of sp³-hybridized carbons (Fsp3) is 0.609. The number of methoxy groups -OCH3 is 2. The van der Waals surface area contributed by atoms with E-state index in [0.29, 0.717) is 30.4 Å². The molecule has 11 nitrogen and oxygen atoms in total. The van der Waals surface area contributed by atoms with E-state index in [2.05, 4.69) is 4.99 Å². The van der Waals surface area contributed by atoms with E-state index < -0.39 is 11.6 Å². The van der Waals surface area contributed by atoms with Gasteiger partial charge in [0.15, 0.2) is 11.5 Å². The predicted octanol–water partition coefficient (Wildman–Crippen LogP) is 2.02. The minimum absolute atomic E-state index is 0.129. The smallest absolute Gasteiger partial charge is 0.340 e. The molecule has 188 valence electrons. The number of ether oxygens (including phenoxy) is 5. The van der Waals surface area contributed by atoms with Crippen molar-refractivity contribution in [1.82, 2.24) is 0 Å². The fourth-order valence-electron chi connectivity index (χ4n) is 4.27. The van der Waals surface area contributed by atoms with E-state index in [0.717, 1.165) is 32.1 Å². The van der Waals surface area contributed by atoms with Crippen LogP contribution in [0.3, 0.4) is 0 Å². The minimum atomic E-state index is -0.738. The fourth-order valence-corrected chi connectivity index (χ4v) is 4.27. The number of carbonyl (C=O) groups excluding carboxylic acids is 1. The number of esters is 1. The molecule has 1 aromatic carbocycles. The van der Waals surface area contributed by atoms with Gasteiger partial charge in [-0.3, -0.25) is 4.90 Å². The number of guanidine groups is 2. The zero-order chi connectivity index (χ0) is 24.6. The van der Waals surface area contributed by atoms with Crippen molar-refractivity contribution in [2.45, 2.75) is 44.7 Å². The van der Waals surface area contributed by atoms with Crippen LogP contribution in [0.1, 0.15) is 49.4 Å². The van der Waals surface area contributed by atoms with Gasteiger partial charge in [0.2, 0.25) is 11.9 Å². The normalized spacial score (nSPS) is 17.2. The van der Waals surface area contributed by atoms with Crippen molar-refractivity contribution in [2.24, 2.45) is 21.5 Å². The molecule has 0 radical (unpaired) electrons. The molecule has 4 N–H and O–H groups in total. The van der Waals surface area contributed by atoms with Gasteiger partial charge in [-0.05, 0) is 32.6 Å². The van der Waals surface area contributed by atoms with Crippen LogP contribution in [0.4, 0.5) is 5.69 Å². The Hall–Kier alpha value is -3.05. The predicted molar refractivity (Wildman–Crippen MR) is 129 cm³/mol. The van der Waals surface area contributed by atoms with E-state index in [1.807, 2.05) is 0 Å².